The normalized spacial score (nSPS) is 10.3. The second-order valence-electron chi connectivity index (χ2n) is 4.65. The predicted octanol–water partition coefficient (Wildman–Crippen LogP) is 2.74. The van der Waals surface area contributed by atoms with Gasteiger partial charge in [0.2, 0.25) is 5.88 Å². The van der Waals surface area contributed by atoms with Crippen LogP contribution in [-0.4, -0.2) is 25.2 Å². The molecule has 1 aromatic heterocycles. The predicted molar refractivity (Wildman–Crippen MR) is 83.2 cm³/mol. The molecule has 4 nitrogen and oxygen atoms in total. The van der Waals surface area contributed by atoms with E-state index in [-0.39, 0.29) is 0 Å². The molecule has 2 rings (SSSR count). The number of aromatic nitrogens is 1. The molecule has 1 aromatic carbocycles. The Labute approximate surface area is 120 Å². The average molecular weight is 271 g/mol. The van der Waals surface area contributed by atoms with Gasteiger partial charge < -0.3 is 15.4 Å². The summed E-state index contributed by atoms with van der Waals surface area (Å²) in [4.78, 5) is 6.56. The van der Waals surface area contributed by atoms with Crippen molar-refractivity contribution in [1.82, 2.24) is 4.98 Å². The summed E-state index contributed by atoms with van der Waals surface area (Å²) in [6.07, 6.45) is 0.980. The quantitative estimate of drug-likeness (QED) is 0.877. The summed E-state index contributed by atoms with van der Waals surface area (Å²) >= 11 is 0. The Morgan fingerprint density at radius 3 is 2.60 bits per heavy atom. The van der Waals surface area contributed by atoms with E-state index in [1.807, 2.05) is 32.2 Å². The van der Waals surface area contributed by atoms with Crippen molar-refractivity contribution in [3.8, 4) is 5.88 Å². The van der Waals surface area contributed by atoms with Crippen LogP contribution in [0, 0.1) is 0 Å². The maximum absolute atomic E-state index is 5.83. The van der Waals surface area contributed by atoms with Crippen molar-refractivity contribution in [2.75, 3.05) is 30.8 Å². The minimum absolute atomic E-state index is 0.511. The molecule has 0 saturated carbocycles. The molecule has 0 radical (unpaired) electrons. The molecule has 0 aliphatic carbocycles. The van der Waals surface area contributed by atoms with E-state index in [2.05, 4.69) is 34.1 Å². The number of nitrogens with two attached hydrogens (primary N) is 1. The number of ether oxygens (including phenoxy) is 1. The van der Waals surface area contributed by atoms with Crippen LogP contribution in [0.4, 0.5) is 11.5 Å². The summed E-state index contributed by atoms with van der Waals surface area (Å²) in [6, 6.07) is 14.2. The van der Waals surface area contributed by atoms with Crippen LogP contribution in [0.1, 0.15) is 12.5 Å². The molecule has 0 bridgehead atoms. The SMILES string of the molecule is CCOc1nc(N(C)CCc2ccccc2)ccc1N. The van der Waals surface area contributed by atoms with Crippen LogP contribution >= 0.6 is 0 Å². The lowest BCUT2D eigenvalue weighted by molar-refractivity contribution is 0.329. The molecule has 0 aliphatic rings. The monoisotopic (exact) mass is 271 g/mol. The molecule has 0 aliphatic heterocycles. The van der Waals surface area contributed by atoms with Crippen LogP contribution in [0.15, 0.2) is 42.5 Å². The van der Waals surface area contributed by atoms with Crippen LogP contribution in [0.3, 0.4) is 0 Å². The zero-order valence-electron chi connectivity index (χ0n) is 12.0. The molecule has 106 valence electrons. The highest BCUT2D eigenvalue weighted by atomic mass is 16.5. The largest absolute Gasteiger partial charge is 0.476 e. The van der Waals surface area contributed by atoms with Crippen molar-refractivity contribution in [3.63, 3.8) is 0 Å². The van der Waals surface area contributed by atoms with Gasteiger partial charge in [-0.05, 0) is 31.0 Å². The summed E-state index contributed by atoms with van der Waals surface area (Å²) in [6.45, 7) is 3.38. The van der Waals surface area contributed by atoms with Gasteiger partial charge in [-0.25, -0.2) is 0 Å². The summed E-state index contributed by atoms with van der Waals surface area (Å²) in [5, 5.41) is 0. The molecule has 0 spiro atoms. The van der Waals surface area contributed by atoms with Crippen LogP contribution in [0.2, 0.25) is 0 Å². The van der Waals surface area contributed by atoms with E-state index in [0.717, 1.165) is 18.8 Å². The Morgan fingerprint density at radius 2 is 1.90 bits per heavy atom. The Hall–Kier alpha value is -2.23. The minimum atomic E-state index is 0.511. The van der Waals surface area contributed by atoms with E-state index in [9.17, 15) is 0 Å². The summed E-state index contributed by atoms with van der Waals surface area (Å²) < 4.78 is 5.43. The highest BCUT2D eigenvalue weighted by Crippen LogP contribution is 2.22. The third kappa shape index (κ3) is 3.63. The van der Waals surface area contributed by atoms with Gasteiger partial charge in [0, 0.05) is 13.6 Å². The van der Waals surface area contributed by atoms with Gasteiger partial charge in [0.15, 0.2) is 0 Å². The number of hydrogen-bond acceptors (Lipinski definition) is 4. The highest BCUT2D eigenvalue weighted by Gasteiger charge is 2.07. The fraction of sp³-hybridized carbons (Fsp3) is 0.312. The minimum Gasteiger partial charge on any atom is -0.476 e. The maximum Gasteiger partial charge on any atom is 0.239 e. The van der Waals surface area contributed by atoms with Crippen molar-refractivity contribution in [2.45, 2.75) is 13.3 Å². The lowest BCUT2D eigenvalue weighted by Gasteiger charge is -2.19. The first-order valence-electron chi connectivity index (χ1n) is 6.85. The number of likely N-dealkylation sites (N-methyl/N-ethyl adjacent to an activating group) is 1. The van der Waals surface area contributed by atoms with Crippen molar-refractivity contribution >= 4 is 11.5 Å². The van der Waals surface area contributed by atoms with Crippen molar-refractivity contribution in [2.24, 2.45) is 0 Å². The number of nitrogen functional groups attached to an aromatic ring is 1. The molecular formula is C16H21N3O. The number of anilines is 2. The van der Waals surface area contributed by atoms with Crippen LogP contribution in [0.5, 0.6) is 5.88 Å². The van der Waals surface area contributed by atoms with E-state index < -0.39 is 0 Å². The van der Waals surface area contributed by atoms with Gasteiger partial charge in [0.05, 0.1) is 12.3 Å². The molecule has 2 N–H and O–H groups in total. The van der Waals surface area contributed by atoms with Gasteiger partial charge in [-0.15, -0.1) is 0 Å². The molecule has 0 fully saturated rings. The lowest BCUT2D eigenvalue weighted by atomic mass is 10.1. The molecule has 2 aromatic rings. The third-order valence-electron chi connectivity index (χ3n) is 3.13. The van der Waals surface area contributed by atoms with E-state index >= 15 is 0 Å². The number of pyridine rings is 1. The highest BCUT2D eigenvalue weighted by molar-refractivity contribution is 5.54. The summed E-state index contributed by atoms with van der Waals surface area (Å²) in [5.41, 5.74) is 7.73. The Bertz CT molecular complexity index is 543. The molecule has 0 unspecified atom stereocenters. The zero-order valence-corrected chi connectivity index (χ0v) is 12.0. The Morgan fingerprint density at radius 1 is 1.15 bits per heavy atom. The molecular weight excluding hydrogens is 250 g/mol. The van der Waals surface area contributed by atoms with E-state index in [4.69, 9.17) is 10.5 Å². The molecule has 0 amide bonds. The van der Waals surface area contributed by atoms with Crippen molar-refractivity contribution in [3.05, 3.63) is 48.0 Å². The molecule has 20 heavy (non-hydrogen) atoms. The Kier molecular flexibility index (Phi) is 4.82. The van der Waals surface area contributed by atoms with E-state index in [1.165, 1.54) is 5.56 Å². The van der Waals surface area contributed by atoms with Gasteiger partial charge in [-0.1, -0.05) is 30.3 Å². The maximum atomic E-state index is 5.83. The molecule has 1 heterocycles. The van der Waals surface area contributed by atoms with E-state index in [1.54, 1.807) is 0 Å². The van der Waals surface area contributed by atoms with Crippen molar-refractivity contribution < 1.29 is 4.74 Å². The van der Waals surface area contributed by atoms with Crippen LogP contribution < -0.4 is 15.4 Å². The van der Waals surface area contributed by atoms with E-state index in [0.29, 0.717) is 18.2 Å². The second-order valence-corrected chi connectivity index (χ2v) is 4.65. The molecule has 0 saturated heterocycles. The smallest absolute Gasteiger partial charge is 0.239 e. The molecule has 4 heteroatoms. The van der Waals surface area contributed by atoms with Crippen molar-refractivity contribution in [1.29, 1.82) is 0 Å². The number of hydrogen-bond donors (Lipinski definition) is 1. The van der Waals surface area contributed by atoms with Gasteiger partial charge in [-0.2, -0.15) is 4.98 Å². The Balaban J connectivity index is 2.01. The van der Waals surface area contributed by atoms with Gasteiger partial charge in [0.1, 0.15) is 5.82 Å². The van der Waals surface area contributed by atoms with Crippen LogP contribution in [-0.2, 0) is 6.42 Å². The third-order valence-corrected chi connectivity index (χ3v) is 3.13. The zero-order chi connectivity index (χ0) is 14.4. The van der Waals surface area contributed by atoms with Gasteiger partial charge in [0.25, 0.3) is 0 Å². The topological polar surface area (TPSA) is 51.4 Å². The first-order valence-corrected chi connectivity index (χ1v) is 6.85. The standard InChI is InChI=1S/C16H21N3O/c1-3-20-16-14(17)9-10-15(18-16)19(2)12-11-13-7-5-4-6-8-13/h4-10H,3,11-12,17H2,1-2H3. The first kappa shape index (κ1) is 14.2. The summed E-state index contributed by atoms with van der Waals surface area (Å²) in [5.74, 6) is 1.38. The summed E-state index contributed by atoms with van der Waals surface area (Å²) in [7, 11) is 2.02. The number of rotatable bonds is 6. The van der Waals surface area contributed by atoms with Gasteiger partial charge in [-0.3, -0.25) is 0 Å². The van der Waals surface area contributed by atoms with Crippen LogP contribution in [0.25, 0.3) is 0 Å². The average Bonchev–Trinajstić information content (AvgIpc) is 2.48. The second kappa shape index (κ2) is 6.80. The fourth-order valence-electron chi connectivity index (χ4n) is 1.96. The lowest BCUT2D eigenvalue weighted by Crippen LogP contribution is -2.21. The van der Waals surface area contributed by atoms with Gasteiger partial charge >= 0.3 is 0 Å². The number of nitrogens with zero attached hydrogens (tertiary/aromatic N) is 2. The fourth-order valence-corrected chi connectivity index (χ4v) is 1.96. The molecule has 0 atom stereocenters. The number of benzene rings is 1. The first-order chi connectivity index (χ1) is 9.70.